The number of hydrogen-bond acceptors (Lipinski definition) is 0. The van der Waals surface area contributed by atoms with E-state index < -0.39 is 0 Å². The van der Waals surface area contributed by atoms with Gasteiger partial charge < -0.3 is 17.0 Å². The van der Waals surface area contributed by atoms with E-state index in [-0.39, 0.29) is 17.0 Å². The largest absolute Gasteiger partial charge is 1.00 e. The summed E-state index contributed by atoms with van der Waals surface area (Å²) in [6.07, 6.45) is 6.58. The lowest BCUT2D eigenvalue weighted by Gasteiger charge is -2.10. The minimum atomic E-state index is 0. The molecule has 0 amide bonds. The normalized spacial score (nSPS) is 10.7. The van der Waals surface area contributed by atoms with Crippen LogP contribution in [0.25, 0.3) is 0 Å². The fourth-order valence-electron chi connectivity index (χ4n) is 3.91. The van der Waals surface area contributed by atoms with E-state index >= 15 is 0 Å². The van der Waals surface area contributed by atoms with Crippen molar-refractivity contribution in [1.29, 1.82) is 0 Å². The Morgan fingerprint density at radius 3 is 1.69 bits per heavy atom. The number of benzene rings is 2. The Morgan fingerprint density at radius 1 is 0.731 bits per heavy atom. The van der Waals surface area contributed by atoms with Crippen molar-refractivity contribution in [3.63, 3.8) is 0 Å². The second-order valence-corrected chi connectivity index (χ2v) is 7.51. The predicted molar refractivity (Wildman–Crippen MR) is 104 cm³/mol. The molecule has 0 fully saturated rings. The summed E-state index contributed by atoms with van der Waals surface area (Å²) in [5.74, 6) is 0. The fourth-order valence-corrected chi connectivity index (χ4v) is 3.91. The molecule has 3 rings (SSSR count). The van der Waals surface area contributed by atoms with Crippen molar-refractivity contribution in [2.45, 2.75) is 54.6 Å². The maximum absolute atomic E-state index is 2.28. The molecule has 2 nitrogen and oxygen atoms in total. The molecule has 1 aromatic heterocycles. The number of aromatic nitrogens is 2. The molecule has 0 atom stereocenters. The van der Waals surface area contributed by atoms with Crippen LogP contribution in [0.4, 0.5) is 0 Å². The van der Waals surface area contributed by atoms with Crippen molar-refractivity contribution < 1.29 is 21.5 Å². The SMILES string of the molecule is Cc1cc(C)c(Cn2cc[n+](Cc3c(C)cc(C)cc3C)c2)c(C)c1.[Br-]. The molecule has 3 heteroatoms. The zero-order valence-corrected chi connectivity index (χ0v) is 18.3. The average molecular weight is 413 g/mol. The van der Waals surface area contributed by atoms with Crippen LogP contribution >= 0.6 is 0 Å². The van der Waals surface area contributed by atoms with Crippen LogP contribution in [-0.2, 0) is 13.1 Å². The number of aryl methyl sites for hydroxylation is 6. The Kier molecular flexibility index (Phi) is 6.46. The molecule has 26 heavy (non-hydrogen) atoms. The summed E-state index contributed by atoms with van der Waals surface area (Å²) in [5.41, 5.74) is 11.0. The highest BCUT2D eigenvalue weighted by Gasteiger charge is 2.12. The quantitative estimate of drug-likeness (QED) is 0.577. The first kappa shape index (κ1) is 20.4. The third kappa shape index (κ3) is 4.45. The van der Waals surface area contributed by atoms with Crippen molar-refractivity contribution in [1.82, 2.24) is 4.57 Å². The summed E-state index contributed by atoms with van der Waals surface area (Å²) in [4.78, 5) is 0. The second-order valence-electron chi connectivity index (χ2n) is 7.51. The molecule has 2 aromatic carbocycles. The predicted octanol–water partition coefficient (Wildman–Crippen LogP) is 1.73. The summed E-state index contributed by atoms with van der Waals surface area (Å²) in [7, 11) is 0. The van der Waals surface area contributed by atoms with E-state index in [9.17, 15) is 0 Å². The third-order valence-electron chi connectivity index (χ3n) is 5.11. The van der Waals surface area contributed by atoms with Crippen LogP contribution in [0.2, 0.25) is 0 Å². The summed E-state index contributed by atoms with van der Waals surface area (Å²) in [5, 5.41) is 0. The molecular formula is C23H29BrN2. The van der Waals surface area contributed by atoms with Crippen LogP contribution in [0.15, 0.2) is 43.0 Å². The van der Waals surface area contributed by atoms with Gasteiger partial charge in [0.15, 0.2) is 0 Å². The lowest BCUT2D eigenvalue weighted by molar-refractivity contribution is -0.687. The van der Waals surface area contributed by atoms with E-state index in [2.05, 4.69) is 93.7 Å². The van der Waals surface area contributed by atoms with Gasteiger partial charge in [-0.2, -0.15) is 0 Å². The number of rotatable bonds is 4. The van der Waals surface area contributed by atoms with Gasteiger partial charge in [-0.15, -0.1) is 0 Å². The van der Waals surface area contributed by atoms with E-state index in [0.29, 0.717) is 0 Å². The Bertz CT molecular complexity index is 802. The molecule has 138 valence electrons. The fraction of sp³-hybridized carbons (Fsp3) is 0.348. The van der Waals surface area contributed by atoms with Gasteiger partial charge in [0, 0.05) is 0 Å². The second kappa shape index (κ2) is 8.22. The van der Waals surface area contributed by atoms with Gasteiger partial charge in [0.2, 0.25) is 6.33 Å². The van der Waals surface area contributed by atoms with Crippen molar-refractivity contribution in [3.05, 3.63) is 87.5 Å². The molecule has 3 aromatic rings. The van der Waals surface area contributed by atoms with Gasteiger partial charge in [-0.1, -0.05) is 35.4 Å². The highest BCUT2D eigenvalue weighted by atomic mass is 79.9. The summed E-state index contributed by atoms with van der Waals surface area (Å²) in [6, 6.07) is 9.11. The maximum atomic E-state index is 2.28. The van der Waals surface area contributed by atoms with Crippen LogP contribution < -0.4 is 21.5 Å². The molecule has 1 heterocycles. The van der Waals surface area contributed by atoms with E-state index in [4.69, 9.17) is 0 Å². The van der Waals surface area contributed by atoms with Crippen molar-refractivity contribution in [2.75, 3.05) is 0 Å². The van der Waals surface area contributed by atoms with Gasteiger partial charge in [-0.3, -0.25) is 0 Å². The smallest absolute Gasteiger partial charge is 0.244 e. The number of hydrogen-bond donors (Lipinski definition) is 0. The maximum Gasteiger partial charge on any atom is 0.244 e. The lowest BCUT2D eigenvalue weighted by Crippen LogP contribution is -3.00. The topological polar surface area (TPSA) is 8.81 Å². The van der Waals surface area contributed by atoms with Crippen molar-refractivity contribution in [3.8, 4) is 0 Å². The lowest BCUT2D eigenvalue weighted by atomic mass is 10.00. The summed E-state index contributed by atoms with van der Waals surface area (Å²) in [6.45, 7) is 15.0. The van der Waals surface area contributed by atoms with E-state index in [0.717, 1.165) is 13.1 Å². The number of imidazole rings is 1. The van der Waals surface area contributed by atoms with Gasteiger partial charge in [0.25, 0.3) is 0 Å². The molecule has 0 N–H and O–H groups in total. The minimum absolute atomic E-state index is 0. The van der Waals surface area contributed by atoms with E-state index in [1.165, 1.54) is 44.5 Å². The summed E-state index contributed by atoms with van der Waals surface area (Å²) >= 11 is 0. The minimum Gasteiger partial charge on any atom is -1.00 e. The zero-order valence-electron chi connectivity index (χ0n) is 16.7. The van der Waals surface area contributed by atoms with E-state index in [1.807, 2.05) is 0 Å². The average Bonchev–Trinajstić information content (AvgIpc) is 2.94. The van der Waals surface area contributed by atoms with Gasteiger partial charge >= 0.3 is 0 Å². The molecule has 0 bridgehead atoms. The molecule has 0 aliphatic rings. The van der Waals surface area contributed by atoms with Crippen molar-refractivity contribution in [2.24, 2.45) is 0 Å². The molecule has 0 aliphatic heterocycles. The Balaban J connectivity index is 0.00000243. The zero-order chi connectivity index (χ0) is 18.1. The molecule has 0 unspecified atom stereocenters. The molecular weight excluding hydrogens is 384 g/mol. The standard InChI is InChI=1S/C23H29N2.BrH/c1-16-9-18(3)22(19(4)10-16)13-24-7-8-25(15-24)14-23-20(5)11-17(2)12-21(23)6;/h7-12,15H,13-14H2,1-6H3;1H/q+1;/p-1. The highest BCUT2D eigenvalue weighted by Crippen LogP contribution is 2.18. The molecule has 0 spiro atoms. The number of nitrogens with zero attached hydrogens (tertiary/aromatic N) is 2. The highest BCUT2D eigenvalue weighted by molar-refractivity contribution is 5.38. The summed E-state index contributed by atoms with van der Waals surface area (Å²) < 4.78 is 4.56. The third-order valence-corrected chi connectivity index (χ3v) is 5.11. The van der Waals surface area contributed by atoms with Gasteiger partial charge in [-0.25, -0.2) is 9.13 Å². The van der Waals surface area contributed by atoms with Gasteiger partial charge in [0.1, 0.15) is 25.5 Å². The van der Waals surface area contributed by atoms with Crippen LogP contribution in [0.1, 0.15) is 44.5 Å². The van der Waals surface area contributed by atoms with Crippen LogP contribution in [0.5, 0.6) is 0 Å². The first-order chi connectivity index (χ1) is 11.8. The van der Waals surface area contributed by atoms with Crippen LogP contribution in [-0.4, -0.2) is 4.57 Å². The Morgan fingerprint density at radius 2 is 1.19 bits per heavy atom. The number of halogens is 1. The van der Waals surface area contributed by atoms with E-state index in [1.54, 1.807) is 0 Å². The molecule has 0 aliphatic carbocycles. The first-order valence-electron chi connectivity index (χ1n) is 9.02. The molecule has 0 radical (unpaired) electrons. The molecule has 0 saturated carbocycles. The monoisotopic (exact) mass is 412 g/mol. The van der Waals surface area contributed by atoms with Crippen molar-refractivity contribution >= 4 is 0 Å². The van der Waals surface area contributed by atoms with Crippen LogP contribution in [0, 0.1) is 41.5 Å². The first-order valence-corrected chi connectivity index (χ1v) is 9.02. The van der Waals surface area contributed by atoms with Crippen LogP contribution in [0.3, 0.4) is 0 Å². The Hall–Kier alpha value is -1.87. The Labute approximate surface area is 168 Å². The van der Waals surface area contributed by atoms with Gasteiger partial charge in [0.05, 0.1) is 0 Å². The van der Waals surface area contributed by atoms with Gasteiger partial charge in [-0.05, 0) is 74.9 Å². The molecule has 0 saturated heterocycles.